The molecule has 122 valence electrons. The first-order chi connectivity index (χ1) is 11.3. The average Bonchev–Trinajstić information content (AvgIpc) is 2.81. The Hall–Kier alpha value is -1.77. The number of nitrogens with one attached hydrogen (secondary N) is 1. The molecule has 1 amide bonds. The van der Waals surface area contributed by atoms with Crippen molar-refractivity contribution in [2.45, 2.75) is 57.8 Å². The molecule has 4 rings (SSSR count). The number of benzene rings is 1. The van der Waals surface area contributed by atoms with Gasteiger partial charge in [-0.3, -0.25) is 4.79 Å². The van der Waals surface area contributed by atoms with E-state index in [1.807, 2.05) is 6.07 Å². The Labute approximate surface area is 138 Å². The van der Waals surface area contributed by atoms with Crippen LogP contribution in [0.1, 0.15) is 66.6 Å². The van der Waals surface area contributed by atoms with Gasteiger partial charge in [0.2, 0.25) is 0 Å². The number of fused-ring (bicyclic) bond motifs is 3. The lowest BCUT2D eigenvalue weighted by molar-refractivity contribution is 0.0762. The third-order valence-electron chi connectivity index (χ3n) is 5.49. The van der Waals surface area contributed by atoms with Crippen LogP contribution in [0.4, 0.5) is 0 Å². The van der Waals surface area contributed by atoms with Gasteiger partial charge in [-0.2, -0.15) is 0 Å². The third kappa shape index (κ3) is 2.89. The Kier molecular flexibility index (Phi) is 4.11. The van der Waals surface area contributed by atoms with Crippen LogP contribution in [0.3, 0.4) is 0 Å². The molecule has 0 radical (unpaired) electrons. The SMILES string of the molecule is O=C(c1ccc2[nH]c3c(c2c1)CCCCC3)N1CCCCCC1. The normalized spacial score (nSPS) is 19.2. The van der Waals surface area contributed by atoms with Crippen LogP contribution >= 0.6 is 0 Å². The van der Waals surface area contributed by atoms with E-state index in [1.165, 1.54) is 54.3 Å². The summed E-state index contributed by atoms with van der Waals surface area (Å²) in [5.41, 5.74) is 4.93. The van der Waals surface area contributed by atoms with E-state index >= 15 is 0 Å². The summed E-state index contributed by atoms with van der Waals surface area (Å²) >= 11 is 0. The largest absolute Gasteiger partial charge is 0.358 e. The second-order valence-electron chi connectivity index (χ2n) is 7.11. The number of hydrogen-bond acceptors (Lipinski definition) is 1. The van der Waals surface area contributed by atoms with Crippen LogP contribution in [0.5, 0.6) is 0 Å². The summed E-state index contributed by atoms with van der Waals surface area (Å²) < 4.78 is 0. The standard InChI is InChI=1S/C20H26N2O/c23-20(22-12-6-1-2-7-13-22)15-10-11-19-17(14-15)16-8-4-3-5-9-18(16)21-19/h10-11,14,21H,1-9,12-13H2. The minimum Gasteiger partial charge on any atom is -0.358 e. The molecule has 2 aliphatic rings. The van der Waals surface area contributed by atoms with E-state index in [0.29, 0.717) is 0 Å². The summed E-state index contributed by atoms with van der Waals surface area (Å²) in [5.74, 6) is 0.220. The molecule has 0 spiro atoms. The number of aromatic nitrogens is 1. The molecule has 3 nitrogen and oxygen atoms in total. The number of nitrogens with zero attached hydrogens (tertiary/aromatic N) is 1. The van der Waals surface area contributed by atoms with Crippen LogP contribution in [0.25, 0.3) is 10.9 Å². The molecule has 1 aromatic carbocycles. The number of H-pyrrole nitrogens is 1. The van der Waals surface area contributed by atoms with Crippen molar-refractivity contribution in [3.63, 3.8) is 0 Å². The number of carbonyl (C=O) groups excluding carboxylic acids is 1. The van der Waals surface area contributed by atoms with Gasteiger partial charge in [-0.25, -0.2) is 0 Å². The van der Waals surface area contributed by atoms with E-state index in [9.17, 15) is 4.79 Å². The van der Waals surface area contributed by atoms with E-state index in [0.717, 1.165) is 44.3 Å². The van der Waals surface area contributed by atoms with Crippen LogP contribution in [0, 0.1) is 0 Å². The van der Waals surface area contributed by atoms with Crippen molar-refractivity contribution in [3.05, 3.63) is 35.0 Å². The summed E-state index contributed by atoms with van der Waals surface area (Å²) in [7, 11) is 0. The van der Waals surface area contributed by atoms with Gasteiger partial charge in [0, 0.05) is 35.2 Å². The van der Waals surface area contributed by atoms with E-state index < -0.39 is 0 Å². The minimum atomic E-state index is 0.220. The number of aromatic amines is 1. The molecule has 0 atom stereocenters. The molecule has 1 fully saturated rings. The van der Waals surface area contributed by atoms with Crippen LogP contribution in [-0.2, 0) is 12.8 Å². The summed E-state index contributed by atoms with van der Waals surface area (Å²) in [6.07, 6.45) is 11.0. The highest BCUT2D eigenvalue weighted by molar-refractivity contribution is 5.99. The maximum Gasteiger partial charge on any atom is 0.253 e. The zero-order valence-electron chi connectivity index (χ0n) is 13.9. The second-order valence-corrected chi connectivity index (χ2v) is 7.11. The van der Waals surface area contributed by atoms with Crippen molar-refractivity contribution < 1.29 is 4.79 Å². The number of amides is 1. The Balaban J connectivity index is 1.67. The molecule has 3 heteroatoms. The van der Waals surface area contributed by atoms with Crippen LogP contribution in [0.2, 0.25) is 0 Å². The zero-order valence-corrected chi connectivity index (χ0v) is 13.9. The molecule has 2 heterocycles. The zero-order chi connectivity index (χ0) is 15.6. The highest BCUT2D eigenvalue weighted by Gasteiger charge is 2.20. The first-order valence-corrected chi connectivity index (χ1v) is 9.26. The summed E-state index contributed by atoms with van der Waals surface area (Å²) in [4.78, 5) is 18.5. The molecule has 2 aromatic rings. The van der Waals surface area contributed by atoms with Gasteiger partial charge in [-0.15, -0.1) is 0 Å². The fraction of sp³-hybridized carbons (Fsp3) is 0.550. The van der Waals surface area contributed by atoms with Gasteiger partial charge < -0.3 is 9.88 Å². The quantitative estimate of drug-likeness (QED) is 0.776. The third-order valence-corrected chi connectivity index (χ3v) is 5.49. The van der Waals surface area contributed by atoms with Crippen LogP contribution in [0.15, 0.2) is 18.2 Å². The molecular weight excluding hydrogens is 284 g/mol. The fourth-order valence-corrected chi connectivity index (χ4v) is 4.17. The molecule has 1 aromatic heterocycles. The van der Waals surface area contributed by atoms with Gasteiger partial charge in [0.05, 0.1) is 0 Å². The van der Waals surface area contributed by atoms with E-state index in [1.54, 1.807) is 0 Å². The topological polar surface area (TPSA) is 36.1 Å². The van der Waals surface area contributed by atoms with Gasteiger partial charge >= 0.3 is 0 Å². The van der Waals surface area contributed by atoms with Crippen molar-refractivity contribution in [2.24, 2.45) is 0 Å². The highest BCUT2D eigenvalue weighted by atomic mass is 16.2. The highest BCUT2D eigenvalue weighted by Crippen LogP contribution is 2.29. The maximum atomic E-state index is 12.9. The van der Waals surface area contributed by atoms with Gasteiger partial charge in [-0.1, -0.05) is 19.3 Å². The average molecular weight is 310 g/mol. The van der Waals surface area contributed by atoms with Crippen molar-refractivity contribution in [2.75, 3.05) is 13.1 Å². The molecule has 23 heavy (non-hydrogen) atoms. The maximum absolute atomic E-state index is 12.9. The van der Waals surface area contributed by atoms with Crippen molar-refractivity contribution >= 4 is 16.8 Å². The van der Waals surface area contributed by atoms with E-state index in [2.05, 4.69) is 22.0 Å². The smallest absolute Gasteiger partial charge is 0.253 e. The Morgan fingerprint density at radius 1 is 0.913 bits per heavy atom. The Morgan fingerprint density at radius 3 is 2.48 bits per heavy atom. The molecule has 1 N–H and O–H groups in total. The number of aryl methyl sites for hydroxylation is 2. The van der Waals surface area contributed by atoms with Crippen molar-refractivity contribution in [1.29, 1.82) is 0 Å². The van der Waals surface area contributed by atoms with E-state index in [-0.39, 0.29) is 5.91 Å². The lowest BCUT2D eigenvalue weighted by Crippen LogP contribution is -2.31. The van der Waals surface area contributed by atoms with Crippen molar-refractivity contribution in [1.82, 2.24) is 9.88 Å². The van der Waals surface area contributed by atoms with E-state index in [4.69, 9.17) is 0 Å². The lowest BCUT2D eigenvalue weighted by Gasteiger charge is -2.20. The molecular formula is C20H26N2O. The molecule has 1 aliphatic carbocycles. The number of hydrogen-bond donors (Lipinski definition) is 1. The second kappa shape index (κ2) is 6.38. The molecule has 1 saturated heterocycles. The summed E-state index contributed by atoms with van der Waals surface area (Å²) in [5, 5.41) is 1.28. The van der Waals surface area contributed by atoms with Crippen molar-refractivity contribution in [3.8, 4) is 0 Å². The molecule has 0 saturated carbocycles. The van der Waals surface area contributed by atoms with Gasteiger partial charge in [0.15, 0.2) is 0 Å². The number of likely N-dealkylation sites (tertiary alicyclic amines) is 1. The molecule has 0 unspecified atom stereocenters. The van der Waals surface area contributed by atoms with Crippen LogP contribution in [-0.4, -0.2) is 28.9 Å². The Morgan fingerprint density at radius 2 is 1.65 bits per heavy atom. The summed E-state index contributed by atoms with van der Waals surface area (Å²) in [6, 6.07) is 6.25. The minimum absolute atomic E-state index is 0.220. The fourth-order valence-electron chi connectivity index (χ4n) is 4.17. The number of carbonyl (C=O) groups is 1. The molecule has 1 aliphatic heterocycles. The van der Waals surface area contributed by atoms with Crippen LogP contribution < -0.4 is 0 Å². The predicted molar refractivity (Wildman–Crippen MR) is 93.9 cm³/mol. The monoisotopic (exact) mass is 310 g/mol. The Bertz CT molecular complexity index is 708. The summed E-state index contributed by atoms with van der Waals surface area (Å²) in [6.45, 7) is 1.84. The number of rotatable bonds is 1. The van der Waals surface area contributed by atoms with Gasteiger partial charge in [-0.05, 0) is 62.3 Å². The predicted octanol–water partition coefficient (Wildman–Crippen LogP) is 4.45. The van der Waals surface area contributed by atoms with Gasteiger partial charge in [0.25, 0.3) is 5.91 Å². The van der Waals surface area contributed by atoms with Gasteiger partial charge in [0.1, 0.15) is 0 Å². The first kappa shape index (κ1) is 14.8. The molecule has 0 bridgehead atoms. The lowest BCUT2D eigenvalue weighted by atomic mass is 10.0. The first-order valence-electron chi connectivity index (χ1n) is 9.26.